The summed E-state index contributed by atoms with van der Waals surface area (Å²) in [6, 6.07) is 18.0. The molecule has 2 aromatic carbocycles. The highest BCUT2D eigenvalue weighted by Crippen LogP contribution is 2.45. The number of methoxy groups -OCH3 is 1. The van der Waals surface area contributed by atoms with Crippen molar-refractivity contribution in [1.29, 1.82) is 5.26 Å². The van der Waals surface area contributed by atoms with Crippen LogP contribution in [0.15, 0.2) is 48.5 Å². The van der Waals surface area contributed by atoms with Gasteiger partial charge in [0, 0.05) is 28.1 Å². The van der Waals surface area contributed by atoms with Gasteiger partial charge in [-0.3, -0.25) is 0 Å². The van der Waals surface area contributed by atoms with Crippen molar-refractivity contribution >= 4 is 11.6 Å². The molecule has 0 fully saturated rings. The van der Waals surface area contributed by atoms with Crippen LogP contribution in [0, 0.1) is 11.3 Å². The Morgan fingerprint density at radius 2 is 1.79 bits per heavy atom. The van der Waals surface area contributed by atoms with Gasteiger partial charge in [-0.2, -0.15) is 5.26 Å². The van der Waals surface area contributed by atoms with Gasteiger partial charge in [0.25, 0.3) is 0 Å². The molecule has 1 aliphatic rings. The molecule has 0 radical (unpaired) electrons. The highest BCUT2D eigenvalue weighted by molar-refractivity contribution is 6.33. The lowest BCUT2D eigenvalue weighted by molar-refractivity contribution is 0.397. The normalized spacial score (nSPS) is 11.5. The quantitative estimate of drug-likeness (QED) is 0.527. The number of hydrogen-bond acceptors (Lipinski definition) is 3. The standard InChI is InChI=1S/C20H13ClN2O/c1-24-20-16(11-22)18(14-8-4-5-9-17(14)21)15-10-12-6-2-3-7-13(12)19(15)23-20/h2-9H,10H2,1H3. The fraction of sp³-hybridized carbons (Fsp3) is 0.100. The zero-order valence-corrected chi connectivity index (χ0v) is 13.8. The van der Waals surface area contributed by atoms with E-state index in [-0.39, 0.29) is 0 Å². The van der Waals surface area contributed by atoms with Crippen LogP contribution in [0.25, 0.3) is 22.4 Å². The molecule has 116 valence electrons. The Balaban J connectivity index is 2.11. The lowest BCUT2D eigenvalue weighted by atomic mass is 9.94. The largest absolute Gasteiger partial charge is 0.480 e. The zero-order valence-electron chi connectivity index (χ0n) is 13.0. The maximum atomic E-state index is 9.72. The van der Waals surface area contributed by atoms with Crippen LogP contribution >= 0.6 is 11.6 Å². The number of nitrogens with zero attached hydrogens (tertiary/aromatic N) is 2. The predicted molar refractivity (Wildman–Crippen MR) is 94.2 cm³/mol. The molecule has 0 spiro atoms. The molecule has 0 aliphatic heterocycles. The second kappa shape index (κ2) is 5.67. The minimum Gasteiger partial charge on any atom is -0.480 e. The summed E-state index contributed by atoms with van der Waals surface area (Å²) in [5.74, 6) is 0.336. The van der Waals surface area contributed by atoms with Gasteiger partial charge in [0.15, 0.2) is 0 Å². The van der Waals surface area contributed by atoms with Gasteiger partial charge in [0.2, 0.25) is 5.88 Å². The minimum atomic E-state index is 0.336. The second-order valence-electron chi connectivity index (χ2n) is 5.62. The van der Waals surface area contributed by atoms with Gasteiger partial charge in [0.05, 0.1) is 12.8 Å². The highest BCUT2D eigenvalue weighted by Gasteiger charge is 2.28. The van der Waals surface area contributed by atoms with Crippen molar-refractivity contribution in [3.63, 3.8) is 0 Å². The first kappa shape index (κ1) is 14.7. The summed E-state index contributed by atoms with van der Waals surface area (Å²) in [6.07, 6.45) is 0.734. The van der Waals surface area contributed by atoms with E-state index in [1.165, 1.54) is 12.7 Å². The number of benzene rings is 2. The Morgan fingerprint density at radius 3 is 2.50 bits per heavy atom. The SMILES string of the molecule is COc1nc2c(c(-c3ccccc3Cl)c1C#N)Cc1ccccc1-2. The van der Waals surface area contributed by atoms with E-state index in [1.54, 1.807) is 0 Å². The summed E-state index contributed by atoms with van der Waals surface area (Å²) in [5, 5.41) is 10.3. The molecular weight excluding hydrogens is 320 g/mol. The van der Waals surface area contributed by atoms with Crippen molar-refractivity contribution in [1.82, 2.24) is 4.98 Å². The van der Waals surface area contributed by atoms with Crippen LogP contribution in [-0.2, 0) is 6.42 Å². The van der Waals surface area contributed by atoms with E-state index in [1.807, 2.05) is 36.4 Å². The van der Waals surface area contributed by atoms with Gasteiger partial charge in [-0.1, -0.05) is 54.1 Å². The summed E-state index contributed by atoms with van der Waals surface area (Å²) in [4.78, 5) is 4.61. The number of nitriles is 1. The Bertz CT molecular complexity index is 1010. The maximum Gasteiger partial charge on any atom is 0.232 e. The highest BCUT2D eigenvalue weighted by atomic mass is 35.5. The molecule has 1 heterocycles. The molecule has 0 saturated carbocycles. The first-order valence-corrected chi connectivity index (χ1v) is 7.96. The van der Waals surface area contributed by atoms with Crippen LogP contribution in [-0.4, -0.2) is 12.1 Å². The van der Waals surface area contributed by atoms with Crippen molar-refractivity contribution in [3.8, 4) is 34.3 Å². The molecule has 4 rings (SSSR count). The average Bonchev–Trinajstić information content (AvgIpc) is 2.99. The topological polar surface area (TPSA) is 45.9 Å². The number of ether oxygens (including phenoxy) is 1. The van der Waals surface area contributed by atoms with E-state index in [9.17, 15) is 5.26 Å². The summed E-state index contributed by atoms with van der Waals surface area (Å²) >= 11 is 6.43. The lowest BCUT2D eigenvalue weighted by Gasteiger charge is -2.15. The van der Waals surface area contributed by atoms with Gasteiger partial charge in [0.1, 0.15) is 11.6 Å². The number of halogens is 1. The van der Waals surface area contributed by atoms with Crippen LogP contribution in [0.2, 0.25) is 5.02 Å². The van der Waals surface area contributed by atoms with Crippen LogP contribution < -0.4 is 4.74 Å². The third-order valence-electron chi connectivity index (χ3n) is 4.35. The molecule has 0 saturated heterocycles. The molecule has 0 N–H and O–H groups in total. The zero-order chi connectivity index (χ0) is 16.7. The third-order valence-corrected chi connectivity index (χ3v) is 4.68. The van der Waals surface area contributed by atoms with Gasteiger partial charge >= 0.3 is 0 Å². The number of fused-ring (bicyclic) bond motifs is 3. The molecule has 3 aromatic rings. The molecular formula is C20H13ClN2O. The van der Waals surface area contributed by atoms with Crippen molar-refractivity contribution in [2.45, 2.75) is 6.42 Å². The Kier molecular flexibility index (Phi) is 3.48. The number of rotatable bonds is 2. The van der Waals surface area contributed by atoms with E-state index in [4.69, 9.17) is 16.3 Å². The molecule has 0 amide bonds. The van der Waals surface area contributed by atoms with E-state index in [2.05, 4.69) is 23.2 Å². The average molecular weight is 333 g/mol. The van der Waals surface area contributed by atoms with Gasteiger partial charge < -0.3 is 4.74 Å². The van der Waals surface area contributed by atoms with E-state index < -0.39 is 0 Å². The van der Waals surface area contributed by atoms with Crippen LogP contribution in [0.5, 0.6) is 5.88 Å². The molecule has 1 aliphatic carbocycles. The van der Waals surface area contributed by atoms with E-state index >= 15 is 0 Å². The monoisotopic (exact) mass is 332 g/mol. The van der Waals surface area contributed by atoms with E-state index in [0.717, 1.165) is 34.4 Å². The molecule has 4 heteroatoms. The van der Waals surface area contributed by atoms with Crippen molar-refractivity contribution < 1.29 is 4.74 Å². The van der Waals surface area contributed by atoms with Crippen LogP contribution in [0.3, 0.4) is 0 Å². The summed E-state index contributed by atoms with van der Waals surface area (Å²) < 4.78 is 5.40. The molecule has 3 nitrogen and oxygen atoms in total. The molecule has 0 unspecified atom stereocenters. The Morgan fingerprint density at radius 1 is 1.08 bits per heavy atom. The fourth-order valence-corrected chi connectivity index (χ4v) is 3.53. The Labute approximate surface area is 145 Å². The van der Waals surface area contributed by atoms with Gasteiger partial charge in [-0.15, -0.1) is 0 Å². The van der Waals surface area contributed by atoms with Crippen molar-refractivity contribution in [3.05, 3.63) is 70.2 Å². The van der Waals surface area contributed by atoms with E-state index in [0.29, 0.717) is 16.5 Å². The smallest absolute Gasteiger partial charge is 0.232 e. The Hall–Kier alpha value is -2.83. The fourth-order valence-electron chi connectivity index (χ4n) is 3.30. The summed E-state index contributed by atoms with van der Waals surface area (Å²) in [7, 11) is 1.53. The summed E-state index contributed by atoms with van der Waals surface area (Å²) in [5.41, 5.74) is 6.27. The number of aromatic nitrogens is 1. The second-order valence-corrected chi connectivity index (χ2v) is 6.03. The first-order valence-electron chi connectivity index (χ1n) is 7.58. The maximum absolute atomic E-state index is 9.72. The third kappa shape index (κ3) is 2.08. The van der Waals surface area contributed by atoms with Crippen molar-refractivity contribution in [2.75, 3.05) is 7.11 Å². The first-order chi connectivity index (χ1) is 11.7. The molecule has 1 aromatic heterocycles. The molecule has 0 bridgehead atoms. The van der Waals surface area contributed by atoms with Crippen LogP contribution in [0.4, 0.5) is 0 Å². The van der Waals surface area contributed by atoms with Crippen molar-refractivity contribution in [2.24, 2.45) is 0 Å². The van der Waals surface area contributed by atoms with Gasteiger partial charge in [-0.25, -0.2) is 4.98 Å². The lowest BCUT2D eigenvalue weighted by Crippen LogP contribution is -2.01. The molecule has 24 heavy (non-hydrogen) atoms. The van der Waals surface area contributed by atoms with Crippen LogP contribution in [0.1, 0.15) is 16.7 Å². The molecule has 0 atom stereocenters. The number of pyridine rings is 1. The summed E-state index contributed by atoms with van der Waals surface area (Å²) in [6.45, 7) is 0. The van der Waals surface area contributed by atoms with Gasteiger partial charge in [-0.05, 0) is 17.2 Å². The minimum absolute atomic E-state index is 0.336. The number of hydrogen-bond donors (Lipinski definition) is 0. The predicted octanol–water partition coefficient (Wildman–Crippen LogP) is 4.85.